The molecule has 0 spiro atoms. The number of imide groups is 1. The lowest BCUT2D eigenvalue weighted by atomic mass is 10.2. The van der Waals surface area contributed by atoms with Gasteiger partial charge in [0.2, 0.25) is 5.91 Å². The standard InChI is InChI=1S/C14H12F2N2O3S/c15-10-2-1-8(5-11(10)16)13(20)17-4-3-9(6-17)18-12(19)7-22-14(18)21/h1-2,5,9H,3-4,6-7H2/t9-/m0/s1. The molecule has 2 aliphatic rings. The van der Waals surface area contributed by atoms with Gasteiger partial charge in [-0.2, -0.15) is 0 Å². The first-order chi connectivity index (χ1) is 10.5. The van der Waals surface area contributed by atoms with Crippen LogP contribution in [0.4, 0.5) is 13.6 Å². The Balaban J connectivity index is 1.72. The number of likely N-dealkylation sites (tertiary alicyclic amines) is 1. The summed E-state index contributed by atoms with van der Waals surface area (Å²) in [4.78, 5) is 38.3. The van der Waals surface area contributed by atoms with Gasteiger partial charge in [0.05, 0.1) is 11.8 Å². The Morgan fingerprint density at radius 1 is 1.23 bits per heavy atom. The van der Waals surface area contributed by atoms with Crippen molar-refractivity contribution in [2.45, 2.75) is 12.5 Å². The van der Waals surface area contributed by atoms with Crippen molar-refractivity contribution in [3.05, 3.63) is 35.4 Å². The number of hydrogen-bond donors (Lipinski definition) is 0. The second-order valence-corrected chi connectivity index (χ2v) is 6.07. The Bertz CT molecular complexity index is 651. The van der Waals surface area contributed by atoms with Gasteiger partial charge in [0.15, 0.2) is 11.6 Å². The third-order valence-electron chi connectivity index (χ3n) is 3.77. The molecule has 2 fully saturated rings. The van der Waals surface area contributed by atoms with E-state index in [-0.39, 0.29) is 35.0 Å². The number of hydrogen-bond acceptors (Lipinski definition) is 4. The second kappa shape index (κ2) is 5.68. The molecule has 8 heteroatoms. The molecule has 116 valence electrons. The summed E-state index contributed by atoms with van der Waals surface area (Å²) in [6, 6.07) is 2.63. The molecule has 0 radical (unpaired) electrons. The van der Waals surface area contributed by atoms with Crippen LogP contribution in [0.15, 0.2) is 18.2 Å². The SMILES string of the molecule is O=C(c1ccc(F)c(F)c1)N1CC[C@H](N2C(=O)CSC2=O)C1. The van der Waals surface area contributed by atoms with Crippen molar-refractivity contribution in [2.75, 3.05) is 18.8 Å². The molecule has 22 heavy (non-hydrogen) atoms. The van der Waals surface area contributed by atoms with Gasteiger partial charge in [0.25, 0.3) is 11.1 Å². The molecule has 2 heterocycles. The molecule has 1 aromatic rings. The second-order valence-electron chi connectivity index (χ2n) is 5.14. The number of carbonyl (C=O) groups is 3. The first-order valence-corrected chi connectivity index (χ1v) is 7.69. The molecule has 1 atom stereocenters. The molecule has 5 nitrogen and oxygen atoms in total. The van der Waals surface area contributed by atoms with E-state index in [0.717, 1.165) is 23.9 Å². The Hall–Kier alpha value is -1.96. The summed E-state index contributed by atoms with van der Waals surface area (Å²) in [6.07, 6.45) is 0.494. The molecule has 2 aliphatic heterocycles. The van der Waals surface area contributed by atoms with Crippen LogP contribution in [0, 0.1) is 11.6 Å². The predicted octanol–water partition coefficient (Wildman–Crippen LogP) is 1.87. The summed E-state index contributed by atoms with van der Waals surface area (Å²) in [5, 5.41) is -0.294. The zero-order valence-electron chi connectivity index (χ0n) is 11.4. The largest absolute Gasteiger partial charge is 0.336 e. The van der Waals surface area contributed by atoms with Crippen molar-refractivity contribution >= 4 is 28.8 Å². The van der Waals surface area contributed by atoms with Crippen LogP contribution < -0.4 is 0 Å². The van der Waals surface area contributed by atoms with Gasteiger partial charge in [-0.1, -0.05) is 11.8 Å². The van der Waals surface area contributed by atoms with Crippen molar-refractivity contribution in [1.82, 2.24) is 9.80 Å². The summed E-state index contributed by atoms with van der Waals surface area (Å²) in [6.45, 7) is 0.583. The topological polar surface area (TPSA) is 57.7 Å². The van der Waals surface area contributed by atoms with Gasteiger partial charge < -0.3 is 4.90 Å². The highest BCUT2D eigenvalue weighted by atomic mass is 32.2. The number of thioether (sulfide) groups is 1. The van der Waals surface area contributed by atoms with Crippen LogP contribution in [0.3, 0.4) is 0 Å². The molecule has 0 aliphatic carbocycles. The minimum Gasteiger partial charge on any atom is -0.336 e. The first-order valence-electron chi connectivity index (χ1n) is 6.70. The van der Waals surface area contributed by atoms with Crippen LogP contribution in [0.25, 0.3) is 0 Å². The summed E-state index contributed by atoms with van der Waals surface area (Å²) in [5.74, 6) is -2.65. The van der Waals surface area contributed by atoms with Crippen LogP contribution in [0.5, 0.6) is 0 Å². The molecule has 3 rings (SSSR count). The minimum atomic E-state index is -1.08. The Morgan fingerprint density at radius 3 is 2.64 bits per heavy atom. The molecule has 0 saturated carbocycles. The summed E-state index contributed by atoms with van der Waals surface area (Å²) in [5.41, 5.74) is 0.0491. The molecule has 0 aromatic heterocycles. The van der Waals surface area contributed by atoms with Gasteiger partial charge in [0.1, 0.15) is 0 Å². The van der Waals surface area contributed by atoms with Crippen molar-refractivity contribution in [3.8, 4) is 0 Å². The van der Waals surface area contributed by atoms with E-state index < -0.39 is 17.5 Å². The number of halogens is 2. The number of amides is 3. The Labute approximate surface area is 129 Å². The average molecular weight is 326 g/mol. The lowest BCUT2D eigenvalue weighted by molar-refractivity contribution is -0.126. The highest BCUT2D eigenvalue weighted by Gasteiger charge is 2.40. The van der Waals surface area contributed by atoms with Gasteiger partial charge in [-0.05, 0) is 24.6 Å². The highest BCUT2D eigenvalue weighted by Crippen LogP contribution is 2.27. The number of benzene rings is 1. The minimum absolute atomic E-state index is 0.0491. The smallest absolute Gasteiger partial charge is 0.289 e. The van der Waals surface area contributed by atoms with Crippen LogP contribution >= 0.6 is 11.8 Å². The van der Waals surface area contributed by atoms with Gasteiger partial charge in [-0.15, -0.1) is 0 Å². The van der Waals surface area contributed by atoms with E-state index in [1.54, 1.807) is 0 Å². The normalized spacial score (nSPS) is 21.8. The maximum atomic E-state index is 13.2. The van der Waals surface area contributed by atoms with E-state index in [0.29, 0.717) is 13.0 Å². The summed E-state index contributed by atoms with van der Waals surface area (Å²) in [7, 11) is 0. The van der Waals surface area contributed by atoms with Crippen molar-refractivity contribution in [1.29, 1.82) is 0 Å². The molecule has 0 unspecified atom stereocenters. The predicted molar refractivity (Wildman–Crippen MR) is 75.4 cm³/mol. The maximum absolute atomic E-state index is 13.2. The molecule has 0 N–H and O–H groups in total. The fraction of sp³-hybridized carbons (Fsp3) is 0.357. The van der Waals surface area contributed by atoms with E-state index in [1.807, 2.05) is 0 Å². The van der Waals surface area contributed by atoms with Gasteiger partial charge in [-0.3, -0.25) is 19.3 Å². The number of rotatable bonds is 2. The molecule has 1 aromatic carbocycles. The third kappa shape index (κ3) is 2.58. The first kappa shape index (κ1) is 15.0. The lowest BCUT2D eigenvalue weighted by Crippen LogP contribution is -2.41. The van der Waals surface area contributed by atoms with E-state index in [1.165, 1.54) is 15.9 Å². The van der Waals surface area contributed by atoms with Crippen molar-refractivity contribution in [2.24, 2.45) is 0 Å². The van der Waals surface area contributed by atoms with Gasteiger partial charge in [0, 0.05) is 18.7 Å². The van der Waals surface area contributed by atoms with E-state index >= 15 is 0 Å². The molecular formula is C14H12F2N2O3S. The van der Waals surface area contributed by atoms with E-state index in [9.17, 15) is 23.2 Å². The zero-order valence-corrected chi connectivity index (χ0v) is 12.2. The molecular weight excluding hydrogens is 314 g/mol. The highest BCUT2D eigenvalue weighted by molar-refractivity contribution is 8.14. The quantitative estimate of drug-likeness (QED) is 0.833. The number of nitrogens with zero attached hydrogens (tertiary/aromatic N) is 2. The average Bonchev–Trinajstić information content (AvgIpc) is 3.08. The fourth-order valence-corrected chi connectivity index (χ4v) is 3.44. The Morgan fingerprint density at radius 2 is 2.00 bits per heavy atom. The van der Waals surface area contributed by atoms with Gasteiger partial charge in [-0.25, -0.2) is 8.78 Å². The maximum Gasteiger partial charge on any atom is 0.289 e. The van der Waals surface area contributed by atoms with Crippen molar-refractivity contribution in [3.63, 3.8) is 0 Å². The monoisotopic (exact) mass is 326 g/mol. The van der Waals surface area contributed by atoms with Crippen molar-refractivity contribution < 1.29 is 23.2 Å². The van der Waals surface area contributed by atoms with Crippen LogP contribution in [-0.4, -0.2) is 51.7 Å². The van der Waals surface area contributed by atoms with Crippen LogP contribution in [0.1, 0.15) is 16.8 Å². The summed E-state index contributed by atoms with van der Waals surface area (Å²) >= 11 is 0.953. The molecule has 2 saturated heterocycles. The zero-order chi connectivity index (χ0) is 15.9. The van der Waals surface area contributed by atoms with Crippen LogP contribution in [-0.2, 0) is 4.79 Å². The lowest BCUT2D eigenvalue weighted by Gasteiger charge is -2.22. The van der Waals surface area contributed by atoms with Gasteiger partial charge >= 0.3 is 0 Å². The van der Waals surface area contributed by atoms with E-state index in [4.69, 9.17) is 0 Å². The van der Waals surface area contributed by atoms with E-state index in [2.05, 4.69) is 0 Å². The number of carbonyl (C=O) groups excluding carboxylic acids is 3. The molecule has 0 bridgehead atoms. The third-order valence-corrected chi connectivity index (χ3v) is 4.60. The Kier molecular flexibility index (Phi) is 3.86. The fourth-order valence-electron chi connectivity index (χ4n) is 2.67. The van der Waals surface area contributed by atoms with Crippen LogP contribution in [0.2, 0.25) is 0 Å². The molecule has 3 amide bonds. The summed E-state index contributed by atoms with van der Waals surface area (Å²) < 4.78 is 26.1.